The summed E-state index contributed by atoms with van der Waals surface area (Å²) >= 11 is 1.51. The fourth-order valence-corrected chi connectivity index (χ4v) is 6.34. The molecule has 1 aromatic heterocycles. The second-order valence-corrected chi connectivity index (χ2v) is 9.60. The number of aliphatic hydroxyl groups excluding tert-OH is 4. The van der Waals surface area contributed by atoms with Crippen LogP contribution in [-0.2, 0) is 41.1 Å². The average molecular weight is 457 g/mol. The van der Waals surface area contributed by atoms with Gasteiger partial charge in [0, 0.05) is 4.70 Å². The quantitative estimate of drug-likeness (QED) is 0.481. The van der Waals surface area contributed by atoms with Crippen LogP contribution in [0.5, 0.6) is 0 Å². The summed E-state index contributed by atoms with van der Waals surface area (Å²) in [6, 6.07) is 12.5. The molecule has 4 N–H and O–H groups in total. The van der Waals surface area contributed by atoms with Gasteiger partial charge in [0.2, 0.25) is 5.79 Å². The molecule has 0 aliphatic carbocycles. The Balaban J connectivity index is 1.60. The highest BCUT2D eigenvalue weighted by molar-refractivity contribution is 7.19. The second kappa shape index (κ2) is 8.50. The summed E-state index contributed by atoms with van der Waals surface area (Å²) in [6.07, 6.45) is -1.60. The van der Waals surface area contributed by atoms with Crippen LogP contribution >= 0.6 is 11.3 Å². The molecule has 0 amide bonds. The Kier molecular flexibility index (Phi) is 5.84. The van der Waals surface area contributed by atoms with Crippen molar-refractivity contribution in [3.05, 3.63) is 69.1 Å². The lowest BCUT2D eigenvalue weighted by atomic mass is 9.90. The molecule has 32 heavy (non-hydrogen) atoms. The molecule has 2 aliphatic heterocycles. The van der Waals surface area contributed by atoms with E-state index in [4.69, 9.17) is 9.47 Å². The SMILES string of the molecule is CCc1ccc(Cc2cccc3c4c(sc23)[C@@]2(OCC4)OC[C@H](O)[C@H](O)[C@H]2O)c(CO)c1. The lowest BCUT2D eigenvalue weighted by molar-refractivity contribution is -0.350. The number of rotatable bonds is 4. The van der Waals surface area contributed by atoms with Gasteiger partial charge in [-0.3, -0.25) is 0 Å². The maximum Gasteiger partial charge on any atom is 0.234 e. The van der Waals surface area contributed by atoms with E-state index < -0.39 is 24.1 Å². The Bertz CT molecular complexity index is 1140. The molecule has 0 saturated carbocycles. The fraction of sp³-hybridized carbons (Fsp3) is 0.440. The van der Waals surface area contributed by atoms with E-state index in [2.05, 4.69) is 37.3 Å². The second-order valence-electron chi connectivity index (χ2n) is 8.57. The molecule has 1 fully saturated rings. The smallest absolute Gasteiger partial charge is 0.234 e. The first kappa shape index (κ1) is 22.0. The van der Waals surface area contributed by atoms with Crippen LogP contribution in [0, 0.1) is 0 Å². The van der Waals surface area contributed by atoms with Crippen molar-refractivity contribution in [2.24, 2.45) is 0 Å². The van der Waals surface area contributed by atoms with Gasteiger partial charge < -0.3 is 29.9 Å². The van der Waals surface area contributed by atoms with Crippen LogP contribution < -0.4 is 0 Å². The molecule has 7 heteroatoms. The van der Waals surface area contributed by atoms with E-state index in [9.17, 15) is 20.4 Å². The zero-order chi connectivity index (χ0) is 22.5. The van der Waals surface area contributed by atoms with Crippen molar-refractivity contribution in [2.75, 3.05) is 13.2 Å². The highest BCUT2D eigenvalue weighted by atomic mass is 32.1. The molecule has 1 spiro atoms. The lowest BCUT2D eigenvalue weighted by Crippen LogP contribution is -2.61. The molecular weight excluding hydrogens is 428 g/mol. The molecule has 2 aliphatic rings. The van der Waals surface area contributed by atoms with Crippen molar-refractivity contribution in [1.82, 2.24) is 0 Å². The molecule has 5 rings (SSSR count). The van der Waals surface area contributed by atoms with Gasteiger partial charge in [0.1, 0.15) is 18.3 Å². The zero-order valence-electron chi connectivity index (χ0n) is 18.0. The van der Waals surface area contributed by atoms with Crippen molar-refractivity contribution in [1.29, 1.82) is 0 Å². The summed E-state index contributed by atoms with van der Waals surface area (Å²) in [6.45, 7) is 2.35. The first-order valence-corrected chi connectivity index (χ1v) is 11.9. The number of hydrogen-bond acceptors (Lipinski definition) is 7. The average Bonchev–Trinajstić information content (AvgIpc) is 3.21. The normalized spacial score (nSPS) is 27.7. The van der Waals surface area contributed by atoms with E-state index in [1.165, 1.54) is 16.9 Å². The van der Waals surface area contributed by atoms with Gasteiger partial charge in [0.25, 0.3) is 0 Å². The number of aliphatic hydroxyl groups is 4. The van der Waals surface area contributed by atoms with Gasteiger partial charge in [-0.2, -0.15) is 0 Å². The van der Waals surface area contributed by atoms with Gasteiger partial charge in [0.05, 0.1) is 24.7 Å². The summed E-state index contributed by atoms with van der Waals surface area (Å²) in [7, 11) is 0. The monoisotopic (exact) mass is 456 g/mol. The van der Waals surface area contributed by atoms with Crippen LogP contribution in [0.1, 0.15) is 39.6 Å². The molecule has 0 radical (unpaired) electrons. The fourth-order valence-electron chi connectivity index (χ4n) is 4.85. The minimum Gasteiger partial charge on any atom is -0.392 e. The van der Waals surface area contributed by atoms with Gasteiger partial charge in [0.15, 0.2) is 0 Å². The summed E-state index contributed by atoms with van der Waals surface area (Å²) in [4.78, 5) is 0.758. The number of hydrogen-bond donors (Lipinski definition) is 4. The Labute approximate surface area is 190 Å². The van der Waals surface area contributed by atoms with E-state index in [-0.39, 0.29) is 13.2 Å². The first-order valence-electron chi connectivity index (χ1n) is 11.1. The molecule has 6 nitrogen and oxygen atoms in total. The molecular formula is C25H28O6S. The molecule has 3 aromatic rings. The van der Waals surface area contributed by atoms with Crippen molar-refractivity contribution in [3.8, 4) is 0 Å². The summed E-state index contributed by atoms with van der Waals surface area (Å²) < 4.78 is 12.9. The molecule has 0 bridgehead atoms. The predicted molar refractivity (Wildman–Crippen MR) is 122 cm³/mol. The lowest BCUT2D eigenvalue weighted by Gasteiger charge is -2.46. The molecule has 1 saturated heterocycles. The maximum absolute atomic E-state index is 10.8. The van der Waals surface area contributed by atoms with Gasteiger partial charge in [-0.15, -0.1) is 11.3 Å². The Morgan fingerprint density at radius 2 is 1.91 bits per heavy atom. The molecule has 2 aromatic carbocycles. The van der Waals surface area contributed by atoms with Gasteiger partial charge >= 0.3 is 0 Å². The molecule has 0 unspecified atom stereocenters. The van der Waals surface area contributed by atoms with Gasteiger partial charge in [-0.25, -0.2) is 0 Å². The summed E-state index contributed by atoms with van der Waals surface area (Å²) in [5, 5.41) is 42.1. The summed E-state index contributed by atoms with van der Waals surface area (Å²) in [5.41, 5.74) is 5.41. The summed E-state index contributed by atoms with van der Waals surface area (Å²) in [5.74, 6) is -1.47. The van der Waals surface area contributed by atoms with Crippen molar-refractivity contribution in [2.45, 2.75) is 56.9 Å². The molecule has 170 valence electrons. The maximum atomic E-state index is 10.8. The standard InChI is InChI=1S/C25H28O6S/c1-2-14-6-7-15(17(10-14)12-26)11-16-4-3-5-18-19-8-9-30-25(24(19)32-22(16)18)23(29)21(28)20(27)13-31-25/h3-7,10,20-21,23,26-29H,2,8-9,11-13H2,1H3/t20-,21-,23+,25-/m0/s1. The zero-order valence-corrected chi connectivity index (χ0v) is 18.8. The van der Waals surface area contributed by atoms with Crippen LogP contribution in [-0.4, -0.2) is 52.0 Å². The number of thiophene rings is 1. The third kappa shape index (κ3) is 3.40. The van der Waals surface area contributed by atoms with Crippen LogP contribution in [0.25, 0.3) is 10.1 Å². The van der Waals surface area contributed by atoms with Crippen molar-refractivity contribution < 1.29 is 29.9 Å². The van der Waals surface area contributed by atoms with Gasteiger partial charge in [-0.05, 0) is 52.5 Å². The van der Waals surface area contributed by atoms with E-state index in [0.717, 1.165) is 43.6 Å². The van der Waals surface area contributed by atoms with E-state index in [1.54, 1.807) is 0 Å². The van der Waals surface area contributed by atoms with E-state index in [1.807, 2.05) is 6.07 Å². The van der Waals surface area contributed by atoms with Crippen molar-refractivity contribution in [3.63, 3.8) is 0 Å². The Hall–Kier alpha value is -1.84. The highest BCUT2D eigenvalue weighted by Gasteiger charge is 2.55. The third-order valence-corrected chi connectivity index (χ3v) is 8.11. The Morgan fingerprint density at radius 3 is 2.69 bits per heavy atom. The predicted octanol–water partition coefficient (Wildman–Crippen LogP) is 2.39. The topological polar surface area (TPSA) is 99.4 Å². The van der Waals surface area contributed by atoms with E-state index >= 15 is 0 Å². The van der Waals surface area contributed by atoms with E-state index in [0.29, 0.717) is 19.4 Å². The first-order chi connectivity index (χ1) is 15.5. The number of ether oxygens (including phenoxy) is 2. The minimum absolute atomic E-state index is 0.00269. The van der Waals surface area contributed by atoms with Crippen LogP contribution in [0.15, 0.2) is 36.4 Å². The highest BCUT2D eigenvalue weighted by Crippen LogP contribution is 2.48. The number of benzene rings is 2. The third-order valence-electron chi connectivity index (χ3n) is 6.69. The van der Waals surface area contributed by atoms with Crippen LogP contribution in [0.4, 0.5) is 0 Å². The number of fused-ring (bicyclic) bond motifs is 4. The van der Waals surface area contributed by atoms with Crippen LogP contribution in [0.2, 0.25) is 0 Å². The van der Waals surface area contributed by atoms with Crippen LogP contribution in [0.3, 0.4) is 0 Å². The molecule has 3 heterocycles. The Morgan fingerprint density at radius 1 is 1.06 bits per heavy atom. The number of aryl methyl sites for hydroxylation is 1. The van der Waals surface area contributed by atoms with Crippen molar-refractivity contribution >= 4 is 21.4 Å². The minimum atomic E-state index is -1.47. The van der Waals surface area contributed by atoms with Gasteiger partial charge in [-0.1, -0.05) is 43.3 Å². The largest absolute Gasteiger partial charge is 0.392 e. The molecule has 4 atom stereocenters.